The number of carbonyl (C=O) groups is 2. The predicted octanol–water partition coefficient (Wildman–Crippen LogP) is -2.54. The van der Waals surface area contributed by atoms with E-state index in [0.717, 1.165) is 0 Å². The standard InChI is InChI=1S/C15H31N3O6/c1-15(2,3)18-12(14(24)17-11(8-21)9-22)4-5-13(23)16-10(6-19)7-20/h10-12,18-22H,4-9H2,1-3H3,(H,16,23)(H,17,24)/t12-/m1/s1. The van der Waals surface area contributed by atoms with E-state index in [0.29, 0.717) is 0 Å². The highest BCUT2D eigenvalue weighted by Crippen LogP contribution is 2.07. The van der Waals surface area contributed by atoms with E-state index in [1.165, 1.54) is 0 Å². The second-order valence-corrected chi connectivity index (χ2v) is 6.69. The number of hydrogen-bond donors (Lipinski definition) is 7. The molecule has 0 spiro atoms. The topological polar surface area (TPSA) is 151 Å². The Morgan fingerprint density at radius 2 is 1.33 bits per heavy atom. The Kier molecular flexibility index (Phi) is 10.7. The molecule has 0 heterocycles. The van der Waals surface area contributed by atoms with Gasteiger partial charge in [0.15, 0.2) is 0 Å². The molecule has 0 aromatic heterocycles. The lowest BCUT2D eigenvalue weighted by atomic mass is 10.0. The molecule has 1 atom stereocenters. The van der Waals surface area contributed by atoms with Crippen molar-refractivity contribution in [3.63, 3.8) is 0 Å². The van der Waals surface area contributed by atoms with Crippen molar-refractivity contribution in [2.75, 3.05) is 26.4 Å². The number of aliphatic hydroxyl groups is 4. The molecule has 0 aliphatic carbocycles. The zero-order valence-electron chi connectivity index (χ0n) is 14.6. The van der Waals surface area contributed by atoms with E-state index in [-0.39, 0.29) is 44.8 Å². The van der Waals surface area contributed by atoms with Crippen LogP contribution >= 0.6 is 0 Å². The number of aliphatic hydroxyl groups excluding tert-OH is 4. The van der Waals surface area contributed by atoms with Crippen LogP contribution < -0.4 is 16.0 Å². The lowest BCUT2D eigenvalue weighted by Crippen LogP contribution is -2.55. The van der Waals surface area contributed by atoms with Crippen molar-refractivity contribution in [1.82, 2.24) is 16.0 Å². The fourth-order valence-corrected chi connectivity index (χ4v) is 1.97. The van der Waals surface area contributed by atoms with E-state index in [9.17, 15) is 9.59 Å². The third-order valence-electron chi connectivity index (χ3n) is 3.18. The molecule has 0 saturated heterocycles. The van der Waals surface area contributed by atoms with Crippen LogP contribution in [-0.4, -0.2) is 82.3 Å². The second-order valence-electron chi connectivity index (χ2n) is 6.69. The first-order chi connectivity index (χ1) is 11.2. The molecule has 0 aliphatic heterocycles. The first kappa shape index (κ1) is 22.7. The fourth-order valence-electron chi connectivity index (χ4n) is 1.97. The molecule has 0 bridgehead atoms. The van der Waals surface area contributed by atoms with Crippen molar-refractivity contribution in [3.8, 4) is 0 Å². The lowest BCUT2D eigenvalue weighted by molar-refractivity contribution is -0.126. The molecular weight excluding hydrogens is 318 g/mol. The minimum atomic E-state index is -0.760. The third kappa shape index (κ3) is 9.78. The maximum Gasteiger partial charge on any atom is 0.237 e. The van der Waals surface area contributed by atoms with Crippen LogP contribution in [0.5, 0.6) is 0 Å². The zero-order chi connectivity index (χ0) is 18.8. The molecule has 2 amide bonds. The quantitative estimate of drug-likeness (QED) is 0.217. The highest BCUT2D eigenvalue weighted by Gasteiger charge is 2.26. The Balaban J connectivity index is 4.72. The van der Waals surface area contributed by atoms with Gasteiger partial charge in [-0.3, -0.25) is 9.59 Å². The van der Waals surface area contributed by atoms with Gasteiger partial charge in [-0.2, -0.15) is 0 Å². The third-order valence-corrected chi connectivity index (χ3v) is 3.18. The zero-order valence-corrected chi connectivity index (χ0v) is 14.6. The number of rotatable bonds is 11. The molecular formula is C15H31N3O6. The van der Waals surface area contributed by atoms with Crippen LogP contribution in [0.25, 0.3) is 0 Å². The van der Waals surface area contributed by atoms with E-state index < -0.39 is 29.9 Å². The van der Waals surface area contributed by atoms with Gasteiger partial charge in [0, 0.05) is 12.0 Å². The Bertz CT molecular complexity index is 378. The van der Waals surface area contributed by atoms with Crippen LogP contribution in [0, 0.1) is 0 Å². The van der Waals surface area contributed by atoms with Gasteiger partial charge in [0.2, 0.25) is 11.8 Å². The van der Waals surface area contributed by atoms with Crippen LogP contribution in [-0.2, 0) is 9.59 Å². The Morgan fingerprint density at radius 1 is 0.875 bits per heavy atom. The van der Waals surface area contributed by atoms with Crippen LogP contribution in [0.1, 0.15) is 33.6 Å². The average Bonchev–Trinajstić information content (AvgIpc) is 2.52. The summed E-state index contributed by atoms with van der Waals surface area (Å²) in [5, 5.41) is 44.1. The molecule has 142 valence electrons. The summed E-state index contributed by atoms with van der Waals surface area (Å²) >= 11 is 0. The van der Waals surface area contributed by atoms with Crippen molar-refractivity contribution in [2.45, 2.75) is 57.3 Å². The minimum absolute atomic E-state index is 0.0145. The highest BCUT2D eigenvalue weighted by atomic mass is 16.3. The monoisotopic (exact) mass is 349 g/mol. The molecule has 0 radical (unpaired) electrons. The first-order valence-electron chi connectivity index (χ1n) is 7.97. The summed E-state index contributed by atoms with van der Waals surface area (Å²) in [7, 11) is 0. The van der Waals surface area contributed by atoms with Gasteiger partial charge >= 0.3 is 0 Å². The molecule has 0 aromatic rings. The average molecular weight is 349 g/mol. The second kappa shape index (κ2) is 11.3. The Labute approximate surface area is 142 Å². The minimum Gasteiger partial charge on any atom is -0.394 e. The largest absolute Gasteiger partial charge is 0.394 e. The van der Waals surface area contributed by atoms with Crippen LogP contribution in [0.2, 0.25) is 0 Å². The van der Waals surface area contributed by atoms with Crippen LogP contribution in [0.4, 0.5) is 0 Å². The van der Waals surface area contributed by atoms with Crippen molar-refractivity contribution in [3.05, 3.63) is 0 Å². The SMILES string of the molecule is CC(C)(C)N[C@H](CCC(=O)NC(CO)CO)C(=O)NC(CO)CO. The Hall–Kier alpha value is -1.26. The van der Waals surface area contributed by atoms with Gasteiger partial charge < -0.3 is 36.4 Å². The summed E-state index contributed by atoms with van der Waals surface area (Å²) in [5.41, 5.74) is -0.384. The van der Waals surface area contributed by atoms with Gasteiger partial charge in [-0.25, -0.2) is 0 Å². The maximum absolute atomic E-state index is 12.3. The lowest BCUT2D eigenvalue weighted by Gasteiger charge is -2.29. The van der Waals surface area contributed by atoms with Gasteiger partial charge in [-0.1, -0.05) is 0 Å². The van der Waals surface area contributed by atoms with E-state index in [1.807, 2.05) is 20.8 Å². The van der Waals surface area contributed by atoms with Crippen molar-refractivity contribution in [2.24, 2.45) is 0 Å². The van der Waals surface area contributed by atoms with Crippen molar-refractivity contribution >= 4 is 11.8 Å². The summed E-state index contributed by atoms with van der Waals surface area (Å²) < 4.78 is 0. The molecule has 9 nitrogen and oxygen atoms in total. The number of amides is 2. The molecule has 0 fully saturated rings. The van der Waals surface area contributed by atoms with Gasteiger partial charge in [-0.05, 0) is 27.2 Å². The van der Waals surface area contributed by atoms with Crippen molar-refractivity contribution < 1.29 is 30.0 Å². The summed E-state index contributed by atoms with van der Waals surface area (Å²) in [6.45, 7) is 4.09. The van der Waals surface area contributed by atoms with Crippen molar-refractivity contribution in [1.29, 1.82) is 0 Å². The summed E-state index contributed by atoms with van der Waals surface area (Å²) in [6, 6.07) is -2.18. The molecule has 0 aromatic carbocycles. The van der Waals surface area contributed by atoms with Gasteiger partial charge in [0.05, 0.1) is 44.6 Å². The molecule has 9 heteroatoms. The van der Waals surface area contributed by atoms with E-state index in [2.05, 4.69) is 16.0 Å². The molecule has 0 unspecified atom stereocenters. The Morgan fingerprint density at radius 3 is 1.75 bits per heavy atom. The summed E-state index contributed by atoms with van der Waals surface area (Å²) in [5.74, 6) is -0.816. The molecule has 7 N–H and O–H groups in total. The van der Waals surface area contributed by atoms with Gasteiger partial charge in [-0.15, -0.1) is 0 Å². The summed E-state index contributed by atoms with van der Waals surface area (Å²) in [6.07, 6.45) is 0.197. The maximum atomic E-state index is 12.3. The number of nitrogens with one attached hydrogen (secondary N) is 3. The molecule has 0 rings (SSSR count). The predicted molar refractivity (Wildman–Crippen MR) is 88.1 cm³/mol. The number of carbonyl (C=O) groups excluding carboxylic acids is 2. The normalized spacial score (nSPS) is 13.2. The van der Waals surface area contributed by atoms with Crippen LogP contribution in [0.3, 0.4) is 0 Å². The fraction of sp³-hybridized carbons (Fsp3) is 0.867. The molecule has 24 heavy (non-hydrogen) atoms. The summed E-state index contributed by atoms with van der Waals surface area (Å²) in [4.78, 5) is 24.1. The highest BCUT2D eigenvalue weighted by molar-refractivity contribution is 5.83. The molecule has 0 aliphatic rings. The van der Waals surface area contributed by atoms with E-state index in [4.69, 9.17) is 20.4 Å². The number of hydrogen-bond acceptors (Lipinski definition) is 7. The molecule has 0 saturated carbocycles. The van der Waals surface area contributed by atoms with Gasteiger partial charge in [0.1, 0.15) is 0 Å². The van der Waals surface area contributed by atoms with E-state index in [1.54, 1.807) is 0 Å². The van der Waals surface area contributed by atoms with E-state index >= 15 is 0 Å². The van der Waals surface area contributed by atoms with Crippen LogP contribution in [0.15, 0.2) is 0 Å². The van der Waals surface area contributed by atoms with Gasteiger partial charge in [0.25, 0.3) is 0 Å². The first-order valence-corrected chi connectivity index (χ1v) is 7.97. The smallest absolute Gasteiger partial charge is 0.237 e.